The van der Waals surface area contributed by atoms with E-state index in [-0.39, 0.29) is 33.0 Å². The van der Waals surface area contributed by atoms with Gasteiger partial charge in [-0.3, -0.25) is 4.79 Å². The topological polar surface area (TPSA) is 41.9 Å². The molecule has 0 radical (unpaired) electrons. The van der Waals surface area contributed by atoms with Crippen molar-refractivity contribution in [3.8, 4) is 0 Å². The minimum Gasteiger partial charge on any atom is -0.540 e. The molecule has 4 aliphatic rings. The lowest BCUT2D eigenvalue weighted by Gasteiger charge is -2.51. The highest BCUT2D eigenvalue weighted by Crippen LogP contribution is 2.85. The van der Waals surface area contributed by atoms with Crippen LogP contribution in [0.25, 0.3) is 0 Å². The number of rotatable bonds is 2. The Morgan fingerprint density at radius 3 is 2.18 bits per heavy atom. The predicted octanol–water partition coefficient (Wildman–Crippen LogP) is 7.46. The van der Waals surface area contributed by atoms with Gasteiger partial charge < -0.3 is 4.43 Å². The van der Waals surface area contributed by atoms with Crippen molar-refractivity contribution in [3.05, 3.63) is 102 Å². The molecule has 2 aromatic rings. The quantitative estimate of drug-likeness (QED) is 0.293. The Bertz CT molecular complexity index is 1420. The van der Waals surface area contributed by atoms with Gasteiger partial charge in [-0.25, -0.2) is 4.78 Å². The summed E-state index contributed by atoms with van der Waals surface area (Å²) in [5.41, 5.74) is 2.04. The second-order valence-electron chi connectivity index (χ2n) is 12.9. The Labute approximate surface area is 229 Å². The third-order valence-corrected chi connectivity index (χ3v) is 17.3. The average molecular weight is 541 g/mol. The summed E-state index contributed by atoms with van der Waals surface area (Å²) in [5.74, 6) is 1.24. The van der Waals surface area contributed by atoms with Crippen molar-refractivity contribution in [1.82, 2.24) is 4.78 Å². The first-order valence-corrected chi connectivity index (χ1v) is 16.8. The molecule has 0 saturated carbocycles. The van der Waals surface area contributed by atoms with Crippen molar-refractivity contribution in [3.63, 3.8) is 0 Å². The molecule has 3 heterocycles. The SMILES string of the molecule is CC(=O)N1N=C(c2ccccc2)[C@@H]2[C@@H]3C=CC=C[C@]34C(=C(C(C)(C)C)O[Si@]4(c3ccccc3)C(C)(C)C)P21. The number of fused-ring (bicyclic) bond motifs is 3. The molecule has 1 spiro atoms. The van der Waals surface area contributed by atoms with Crippen LogP contribution < -0.4 is 5.19 Å². The standard InChI is InChI=1S/C32H37N2O2PSi/c1-22(35)34-33-26(23-16-10-8-11-17-23)27-25-20-14-15-21-32(25)29(37(27)34)28(30(2,3)4)36-38(32,31(5,6)7)24-18-12-9-13-19-24/h8-21,25,27H,1-7H3/t25-,27-,32+,37?,38+/m0/s1. The molecular formula is C32H37N2O2PSi. The van der Waals surface area contributed by atoms with Crippen molar-refractivity contribution < 1.29 is 9.22 Å². The molecule has 196 valence electrons. The van der Waals surface area contributed by atoms with E-state index in [4.69, 9.17) is 9.53 Å². The Kier molecular flexibility index (Phi) is 5.62. The summed E-state index contributed by atoms with van der Waals surface area (Å²) in [5, 5.41) is 7.30. The summed E-state index contributed by atoms with van der Waals surface area (Å²) in [4.78, 5) is 13.3. The molecule has 1 fully saturated rings. The summed E-state index contributed by atoms with van der Waals surface area (Å²) in [6.07, 6.45) is 9.31. The van der Waals surface area contributed by atoms with Crippen molar-refractivity contribution in [2.45, 2.75) is 64.2 Å². The third kappa shape index (κ3) is 3.18. The fourth-order valence-corrected chi connectivity index (χ4v) is 17.8. The number of carbonyl (C=O) groups is 1. The van der Waals surface area contributed by atoms with Crippen molar-refractivity contribution in [2.24, 2.45) is 16.4 Å². The molecule has 1 saturated heterocycles. The van der Waals surface area contributed by atoms with Crippen LogP contribution in [-0.2, 0) is 9.22 Å². The van der Waals surface area contributed by atoms with Gasteiger partial charge in [0.05, 0.1) is 30.2 Å². The molecule has 4 nitrogen and oxygen atoms in total. The van der Waals surface area contributed by atoms with Gasteiger partial charge in [0.1, 0.15) is 0 Å². The molecule has 0 bridgehead atoms. The fraction of sp³-hybridized carbons (Fsp3) is 0.375. The third-order valence-electron chi connectivity index (χ3n) is 8.55. The van der Waals surface area contributed by atoms with E-state index in [0.29, 0.717) is 0 Å². The Morgan fingerprint density at radius 2 is 1.61 bits per heavy atom. The number of hydrogen-bond donors (Lipinski definition) is 0. The molecule has 6 heteroatoms. The van der Waals surface area contributed by atoms with Crippen LogP contribution in [0.2, 0.25) is 10.1 Å². The molecule has 2 aromatic carbocycles. The van der Waals surface area contributed by atoms with Crippen LogP contribution in [0.3, 0.4) is 0 Å². The molecule has 38 heavy (non-hydrogen) atoms. The summed E-state index contributed by atoms with van der Waals surface area (Å²) in [7, 11) is -3.94. The Balaban J connectivity index is 1.72. The fourth-order valence-electron chi connectivity index (χ4n) is 7.28. The van der Waals surface area contributed by atoms with Gasteiger partial charge in [-0.05, 0) is 15.8 Å². The van der Waals surface area contributed by atoms with Crippen LogP contribution in [0.1, 0.15) is 54.0 Å². The van der Waals surface area contributed by atoms with Gasteiger partial charge in [-0.1, -0.05) is 127 Å². The van der Waals surface area contributed by atoms with Crippen LogP contribution in [-0.4, -0.2) is 30.4 Å². The van der Waals surface area contributed by atoms with E-state index in [1.165, 1.54) is 10.5 Å². The first-order chi connectivity index (χ1) is 17.9. The summed E-state index contributed by atoms with van der Waals surface area (Å²) in [6.45, 7) is 15.5. The van der Waals surface area contributed by atoms with Crippen LogP contribution in [0, 0.1) is 11.3 Å². The van der Waals surface area contributed by atoms with Crippen molar-refractivity contribution in [2.75, 3.05) is 0 Å². The van der Waals surface area contributed by atoms with Gasteiger partial charge in [-0.15, -0.1) is 0 Å². The predicted molar refractivity (Wildman–Crippen MR) is 160 cm³/mol. The number of allylic oxidation sites excluding steroid dienone is 6. The van der Waals surface area contributed by atoms with Crippen LogP contribution >= 0.6 is 8.07 Å². The number of nitrogens with zero attached hydrogens (tertiary/aromatic N) is 2. The van der Waals surface area contributed by atoms with Gasteiger partial charge in [-0.2, -0.15) is 5.10 Å². The average Bonchev–Trinajstić information content (AvgIpc) is 3.48. The van der Waals surface area contributed by atoms with Crippen molar-refractivity contribution in [1.29, 1.82) is 0 Å². The van der Waals surface area contributed by atoms with Crippen LogP contribution in [0.4, 0.5) is 0 Å². The summed E-state index contributed by atoms with van der Waals surface area (Å²) < 4.78 is 9.47. The lowest BCUT2D eigenvalue weighted by molar-refractivity contribution is -0.124. The van der Waals surface area contributed by atoms with Gasteiger partial charge in [0.15, 0.2) is 0 Å². The van der Waals surface area contributed by atoms with E-state index in [9.17, 15) is 4.79 Å². The van der Waals surface area contributed by atoms with E-state index in [0.717, 1.165) is 17.0 Å². The zero-order chi connectivity index (χ0) is 27.1. The zero-order valence-corrected chi connectivity index (χ0v) is 25.3. The highest BCUT2D eigenvalue weighted by Gasteiger charge is 2.79. The highest BCUT2D eigenvalue weighted by molar-refractivity contribution is 7.64. The number of hydrogen-bond acceptors (Lipinski definition) is 3. The maximum Gasteiger partial charge on any atom is 0.302 e. The number of amides is 1. The number of benzene rings is 2. The summed E-state index contributed by atoms with van der Waals surface area (Å²) in [6, 6.07) is 21.4. The molecule has 1 amide bonds. The first kappa shape index (κ1) is 25.5. The molecular weight excluding hydrogens is 503 g/mol. The molecule has 0 aromatic heterocycles. The second-order valence-corrected chi connectivity index (χ2v) is 19.5. The molecule has 0 N–H and O–H groups in total. The molecule has 1 aliphatic carbocycles. The van der Waals surface area contributed by atoms with Gasteiger partial charge in [0, 0.05) is 23.6 Å². The van der Waals surface area contributed by atoms with E-state index < -0.39 is 16.4 Å². The first-order valence-electron chi connectivity index (χ1n) is 13.5. The smallest absolute Gasteiger partial charge is 0.302 e. The molecule has 1 unspecified atom stereocenters. The second kappa shape index (κ2) is 8.37. The Morgan fingerprint density at radius 1 is 0.974 bits per heavy atom. The molecule has 6 rings (SSSR count). The largest absolute Gasteiger partial charge is 0.540 e. The number of hydrazone groups is 1. The number of carbonyl (C=O) groups excluding carboxylic acids is 1. The van der Waals surface area contributed by atoms with E-state index in [1.54, 1.807) is 6.92 Å². The van der Waals surface area contributed by atoms with Crippen LogP contribution in [0.15, 0.2) is 101 Å². The van der Waals surface area contributed by atoms with Crippen molar-refractivity contribution >= 4 is 33.2 Å². The Hall–Kier alpha value is -2.75. The highest BCUT2D eigenvalue weighted by atomic mass is 31.1. The van der Waals surface area contributed by atoms with Crippen LogP contribution in [0.5, 0.6) is 0 Å². The lowest BCUT2D eigenvalue weighted by Crippen LogP contribution is -2.65. The normalized spacial score (nSPS) is 31.6. The van der Waals surface area contributed by atoms with E-state index in [2.05, 4.69) is 120 Å². The summed E-state index contributed by atoms with van der Waals surface area (Å²) >= 11 is 0. The maximum atomic E-state index is 13.3. The van der Waals surface area contributed by atoms with E-state index >= 15 is 0 Å². The van der Waals surface area contributed by atoms with Gasteiger partial charge in [0.2, 0.25) is 5.91 Å². The monoisotopic (exact) mass is 540 g/mol. The van der Waals surface area contributed by atoms with Gasteiger partial charge >= 0.3 is 8.32 Å². The zero-order valence-electron chi connectivity index (χ0n) is 23.4. The maximum absolute atomic E-state index is 13.3. The van der Waals surface area contributed by atoms with E-state index in [1.807, 2.05) is 10.8 Å². The minimum atomic E-state index is -2.85. The lowest BCUT2D eigenvalue weighted by atomic mass is 9.80. The molecule has 3 aliphatic heterocycles. The van der Waals surface area contributed by atoms with Gasteiger partial charge in [0.25, 0.3) is 0 Å². The molecule has 5 atom stereocenters. The minimum absolute atomic E-state index is 0.00388.